The molecule has 7 nitrogen and oxygen atoms in total. The number of hydrogen-bond acceptors (Lipinski definition) is 6. The van der Waals surface area contributed by atoms with Gasteiger partial charge in [-0.2, -0.15) is 4.98 Å². The van der Waals surface area contributed by atoms with Crippen LogP contribution in [0.4, 0.5) is 5.69 Å². The number of rotatable bonds is 8. The number of ether oxygens (including phenoxy) is 1. The molecule has 7 heteroatoms. The van der Waals surface area contributed by atoms with Crippen molar-refractivity contribution in [3.05, 3.63) is 72.6 Å². The van der Waals surface area contributed by atoms with E-state index in [2.05, 4.69) is 26.9 Å². The minimum Gasteiger partial charge on any atom is -0.489 e. The van der Waals surface area contributed by atoms with Crippen LogP contribution >= 0.6 is 0 Å². The van der Waals surface area contributed by atoms with Crippen LogP contribution in [-0.4, -0.2) is 40.6 Å². The van der Waals surface area contributed by atoms with Crippen molar-refractivity contribution in [2.75, 3.05) is 25.0 Å². The van der Waals surface area contributed by atoms with Gasteiger partial charge >= 0.3 is 0 Å². The molecule has 166 valence electrons. The Bertz CT molecular complexity index is 1070. The summed E-state index contributed by atoms with van der Waals surface area (Å²) < 4.78 is 11.0. The Kier molecular flexibility index (Phi) is 6.97. The molecule has 2 heterocycles. The number of carbonyl (C=O) groups is 1. The second kappa shape index (κ2) is 10.2. The third-order valence-corrected chi connectivity index (χ3v) is 5.64. The van der Waals surface area contributed by atoms with Crippen LogP contribution in [0.25, 0.3) is 11.4 Å². The molecule has 1 aliphatic rings. The third-order valence-electron chi connectivity index (χ3n) is 5.64. The lowest BCUT2D eigenvalue weighted by molar-refractivity contribution is -0.121. The zero-order chi connectivity index (χ0) is 22.3. The van der Waals surface area contributed by atoms with Crippen molar-refractivity contribution in [2.24, 2.45) is 5.92 Å². The van der Waals surface area contributed by atoms with Gasteiger partial charge in [-0.25, -0.2) is 0 Å². The number of piperidine rings is 1. The number of aromatic nitrogens is 2. The van der Waals surface area contributed by atoms with E-state index < -0.39 is 0 Å². The number of benzene rings is 2. The van der Waals surface area contributed by atoms with E-state index in [0.29, 0.717) is 30.6 Å². The monoisotopic (exact) mass is 432 g/mol. The molecule has 1 aliphatic heterocycles. The van der Waals surface area contributed by atoms with Crippen LogP contribution < -0.4 is 10.1 Å². The predicted molar refractivity (Wildman–Crippen MR) is 123 cm³/mol. The van der Waals surface area contributed by atoms with Gasteiger partial charge < -0.3 is 14.6 Å². The maximum Gasteiger partial charge on any atom is 0.241 e. The number of nitrogens with one attached hydrogen (secondary N) is 1. The molecule has 0 spiro atoms. The maximum atomic E-state index is 12.7. The fraction of sp³-hybridized carbons (Fsp3) is 0.320. The Morgan fingerprint density at radius 2 is 2.06 bits per heavy atom. The third kappa shape index (κ3) is 5.42. The Morgan fingerprint density at radius 3 is 2.84 bits per heavy atom. The summed E-state index contributed by atoms with van der Waals surface area (Å²) in [6.07, 6.45) is 3.27. The van der Waals surface area contributed by atoms with E-state index in [4.69, 9.17) is 9.26 Å². The zero-order valence-electron chi connectivity index (χ0n) is 18.3. The number of carbonyl (C=O) groups excluding carboxylic acids is 1. The fourth-order valence-corrected chi connectivity index (χ4v) is 3.86. The second-order valence-electron chi connectivity index (χ2n) is 7.99. The van der Waals surface area contributed by atoms with Crippen molar-refractivity contribution in [3.8, 4) is 17.1 Å². The summed E-state index contributed by atoms with van der Waals surface area (Å²) in [5, 5.41) is 7.15. The quantitative estimate of drug-likeness (QED) is 0.530. The maximum absolute atomic E-state index is 12.7. The van der Waals surface area contributed by atoms with E-state index in [1.807, 2.05) is 55.5 Å². The Labute approximate surface area is 188 Å². The minimum absolute atomic E-state index is 0.0192. The van der Waals surface area contributed by atoms with Gasteiger partial charge in [-0.15, -0.1) is 0 Å². The van der Waals surface area contributed by atoms with E-state index in [1.165, 1.54) is 0 Å². The average Bonchev–Trinajstić information content (AvgIpc) is 3.27. The number of amides is 1. The van der Waals surface area contributed by atoms with Gasteiger partial charge in [-0.3, -0.25) is 9.69 Å². The van der Waals surface area contributed by atoms with Crippen LogP contribution in [0.2, 0.25) is 0 Å². The number of likely N-dealkylation sites (tertiary alicyclic amines) is 1. The topological polar surface area (TPSA) is 80.5 Å². The van der Waals surface area contributed by atoms with Gasteiger partial charge in [-0.1, -0.05) is 48.1 Å². The minimum atomic E-state index is -0.0192. The predicted octanol–water partition coefficient (Wildman–Crippen LogP) is 4.46. The van der Waals surface area contributed by atoms with E-state index in [-0.39, 0.29) is 11.8 Å². The first-order valence-corrected chi connectivity index (χ1v) is 10.9. The summed E-state index contributed by atoms with van der Waals surface area (Å²) in [5.41, 5.74) is 2.84. The van der Waals surface area contributed by atoms with E-state index in [0.717, 1.165) is 42.7 Å². The van der Waals surface area contributed by atoms with Gasteiger partial charge in [0.15, 0.2) is 0 Å². The van der Waals surface area contributed by atoms with Crippen LogP contribution in [0, 0.1) is 12.8 Å². The molecular weight excluding hydrogens is 404 g/mol. The lowest BCUT2D eigenvalue weighted by atomic mass is 9.96. The lowest BCUT2D eigenvalue weighted by Gasteiger charge is -2.30. The molecule has 1 fully saturated rings. The first-order chi connectivity index (χ1) is 15.6. The van der Waals surface area contributed by atoms with Crippen molar-refractivity contribution < 1.29 is 14.1 Å². The number of hydrogen-bond donors (Lipinski definition) is 1. The summed E-state index contributed by atoms with van der Waals surface area (Å²) in [5.74, 6) is 1.95. The SMILES string of the molecule is C=CCOc1cccc(NC(=O)C2CCN(Cc3nc(-c4ccccc4C)no3)CC2)c1. The number of nitrogens with zero attached hydrogens (tertiary/aromatic N) is 3. The molecule has 1 amide bonds. The largest absolute Gasteiger partial charge is 0.489 e. The van der Waals surface area contributed by atoms with Crippen LogP contribution in [0.3, 0.4) is 0 Å². The Balaban J connectivity index is 1.28. The first-order valence-electron chi connectivity index (χ1n) is 10.9. The van der Waals surface area contributed by atoms with Crippen LogP contribution in [0.15, 0.2) is 65.7 Å². The molecule has 1 N–H and O–H groups in total. The van der Waals surface area contributed by atoms with Gasteiger partial charge in [0, 0.05) is 23.2 Å². The van der Waals surface area contributed by atoms with E-state index in [9.17, 15) is 4.79 Å². The molecule has 0 saturated carbocycles. The highest BCUT2D eigenvalue weighted by atomic mass is 16.5. The summed E-state index contributed by atoms with van der Waals surface area (Å²) in [6, 6.07) is 15.4. The molecule has 0 bridgehead atoms. The van der Waals surface area contributed by atoms with Crippen molar-refractivity contribution in [3.63, 3.8) is 0 Å². The molecule has 4 rings (SSSR count). The number of anilines is 1. The van der Waals surface area contributed by atoms with Gasteiger partial charge in [0.05, 0.1) is 6.54 Å². The number of aryl methyl sites for hydroxylation is 1. The van der Waals surface area contributed by atoms with Crippen molar-refractivity contribution in [1.82, 2.24) is 15.0 Å². The highest BCUT2D eigenvalue weighted by Gasteiger charge is 2.26. The van der Waals surface area contributed by atoms with Crippen molar-refractivity contribution in [2.45, 2.75) is 26.3 Å². The van der Waals surface area contributed by atoms with Crippen molar-refractivity contribution in [1.29, 1.82) is 0 Å². The molecule has 0 aliphatic carbocycles. The van der Waals surface area contributed by atoms with Crippen LogP contribution in [0.5, 0.6) is 5.75 Å². The van der Waals surface area contributed by atoms with Gasteiger partial charge in [0.25, 0.3) is 0 Å². The van der Waals surface area contributed by atoms with E-state index >= 15 is 0 Å². The van der Waals surface area contributed by atoms with Gasteiger partial charge in [0.2, 0.25) is 17.6 Å². The van der Waals surface area contributed by atoms with Gasteiger partial charge in [0.1, 0.15) is 12.4 Å². The smallest absolute Gasteiger partial charge is 0.241 e. The Hall–Kier alpha value is -3.45. The molecule has 3 aromatic rings. The summed E-state index contributed by atoms with van der Waals surface area (Å²) in [4.78, 5) is 19.5. The fourth-order valence-electron chi connectivity index (χ4n) is 3.86. The highest BCUT2D eigenvalue weighted by molar-refractivity contribution is 5.92. The van der Waals surface area contributed by atoms with Crippen LogP contribution in [-0.2, 0) is 11.3 Å². The highest BCUT2D eigenvalue weighted by Crippen LogP contribution is 2.24. The summed E-state index contributed by atoms with van der Waals surface area (Å²) >= 11 is 0. The standard InChI is InChI=1S/C25H28N4O3/c1-3-15-31-21-9-6-8-20(16-21)26-25(30)19-11-13-29(14-12-19)17-23-27-24(28-32-23)22-10-5-4-7-18(22)2/h3-10,16,19H,1,11-15,17H2,2H3,(H,26,30). The summed E-state index contributed by atoms with van der Waals surface area (Å²) in [7, 11) is 0. The average molecular weight is 433 g/mol. The lowest BCUT2D eigenvalue weighted by Crippen LogP contribution is -2.37. The molecule has 32 heavy (non-hydrogen) atoms. The van der Waals surface area contributed by atoms with E-state index in [1.54, 1.807) is 6.08 Å². The molecule has 2 aromatic carbocycles. The molecular formula is C25H28N4O3. The molecule has 0 unspecified atom stereocenters. The zero-order valence-corrected chi connectivity index (χ0v) is 18.3. The second-order valence-corrected chi connectivity index (χ2v) is 7.99. The van der Waals surface area contributed by atoms with Crippen molar-refractivity contribution >= 4 is 11.6 Å². The molecule has 1 aromatic heterocycles. The van der Waals surface area contributed by atoms with Crippen LogP contribution in [0.1, 0.15) is 24.3 Å². The molecule has 0 atom stereocenters. The molecule has 0 radical (unpaired) electrons. The normalized spacial score (nSPS) is 14.8. The first kappa shape index (κ1) is 21.8. The Morgan fingerprint density at radius 1 is 1.25 bits per heavy atom. The van der Waals surface area contributed by atoms with Gasteiger partial charge in [-0.05, 0) is 50.6 Å². The summed E-state index contributed by atoms with van der Waals surface area (Å²) in [6.45, 7) is 8.32. The molecule has 1 saturated heterocycles.